The first kappa shape index (κ1) is 12.1. The SMILES string of the molecule is O=C(O)Cc1csc(NCCc2ccsc2)n1. The average Bonchev–Trinajstić information content (AvgIpc) is 2.89. The van der Waals surface area contributed by atoms with E-state index in [4.69, 9.17) is 5.11 Å². The van der Waals surface area contributed by atoms with Crippen LogP contribution >= 0.6 is 22.7 Å². The molecule has 0 atom stereocenters. The number of nitrogens with zero attached hydrogens (tertiary/aromatic N) is 1. The number of rotatable bonds is 6. The van der Waals surface area contributed by atoms with Gasteiger partial charge in [-0.05, 0) is 28.8 Å². The summed E-state index contributed by atoms with van der Waals surface area (Å²) in [5, 5.41) is 18.6. The van der Waals surface area contributed by atoms with E-state index < -0.39 is 5.97 Å². The van der Waals surface area contributed by atoms with E-state index in [2.05, 4.69) is 27.1 Å². The van der Waals surface area contributed by atoms with Crippen LogP contribution in [0.1, 0.15) is 11.3 Å². The summed E-state index contributed by atoms with van der Waals surface area (Å²) in [6.45, 7) is 0.816. The number of hydrogen-bond donors (Lipinski definition) is 2. The molecule has 2 N–H and O–H groups in total. The molecule has 2 rings (SSSR count). The van der Waals surface area contributed by atoms with Gasteiger partial charge in [0.05, 0.1) is 12.1 Å². The number of anilines is 1. The molecule has 0 radical (unpaired) electrons. The van der Waals surface area contributed by atoms with Gasteiger partial charge in [0.15, 0.2) is 5.13 Å². The van der Waals surface area contributed by atoms with Crippen LogP contribution in [0, 0.1) is 0 Å². The van der Waals surface area contributed by atoms with E-state index in [-0.39, 0.29) is 6.42 Å². The first-order chi connectivity index (χ1) is 8.24. The molecule has 2 aromatic heterocycles. The van der Waals surface area contributed by atoms with E-state index in [1.165, 1.54) is 16.9 Å². The Bertz CT molecular complexity index is 479. The smallest absolute Gasteiger partial charge is 0.309 e. The van der Waals surface area contributed by atoms with E-state index in [1.807, 2.05) is 0 Å². The van der Waals surface area contributed by atoms with E-state index in [0.29, 0.717) is 5.69 Å². The van der Waals surface area contributed by atoms with Crippen molar-refractivity contribution in [2.24, 2.45) is 0 Å². The van der Waals surface area contributed by atoms with Crippen LogP contribution < -0.4 is 5.32 Å². The zero-order valence-electron chi connectivity index (χ0n) is 9.05. The third-order valence-corrected chi connectivity index (χ3v) is 3.73. The second-order valence-electron chi connectivity index (χ2n) is 3.52. The van der Waals surface area contributed by atoms with Crippen LogP contribution in [0.2, 0.25) is 0 Å². The van der Waals surface area contributed by atoms with Gasteiger partial charge in [-0.3, -0.25) is 4.79 Å². The zero-order valence-corrected chi connectivity index (χ0v) is 10.7. The van der Waals surface area contributed by atoms with Crippen molar-refractivity contribution in [2.75, 3.05) is 11.9 Å². The summed E-state index contributed by atoms with van der Waals surface area (Å²) >= 11 is 3.14. The summed E-state index contributed by atoms with van der Waals surface area (Å²) < 4.78 is 0. The Balaban J connectivity index is 1.79. The highest BCUT2D eigenvalue weighted by Gasteiger charge is 2.05. The van der Waals surface area contributed by atoms with Crippen molar-refractivity contribution in [3.63, 3.8) is 0 Å². The lowest BCUT2D eigenvalue weighted by molar-refractivity contribution is -0.136. The molecular weight excluding hydrogens is 256 g/mol. The molecule has 0 saturated heterocycles. The molecule has 0 bridgehead atoms. The molecule has 2 aromatic rings. The number of hydrogen-bond acceptors (Lipinski definition) is 5. The van der Waals surface area contributed by atoms with Gasteiger partial charge in [-0.25, -0.2) is 4.98 Å². The van der Waals surface area contributed by atoms with Gasteiger partial charge in [-0.15, -0.1) is 11.3 Å². The molecule has 6 heteroatoms. The van der Waals surface area contributed by atoms with Crippen molar-refractivity contribution in [1.29, 1.82) is 0 Å². The fourth-order valence-corrected chi connectivity index (χ4v) is 2.82. The molecule has 17 heavy (non-hydrogen) atoms. The van der Waals surface area contributed by atoms with Gasteiger partial charge in [-0.1, -0.05) is 0 Å². The third-order valence-electron chi connectivity index (χ3n) is 2.15. The molecule has 4 nitrogen and oxygen atoms in total. The fourth-order valence-electron chi connectivity index (χ4n) is 1.37. The largest absolute Gasteiger partial charge is 0.481 e. The Hall–Kier alpha value is -1.40. The molecule has 0 aromatic carbocycles. The number of aromatic nitrogens is 1. The summed E-state index contributed by atoms with van der Waals surface area (Å²) in [4.78, 5) is 14.7. The first-order valence-electron chi connectivity index (χ1n) is 5.15. The molecule has 0 fully saturated rings. The van der Waals surface area contributed by atoms with Gasteiger partial charge < -0.3 is 10.4 Å². The lowest BCUT2D eigenvalue weighted by Crippen LogP contribution is -2.05. The minimum Gasteiger partial charge on any atom is -0.481 e. The fraction of sp³-hybridized carbons (Fsp3) is 0.273. The van der Waals surface area contributed by atoms with Crippen LogP contribution in [-0.4, -0.2) is 22.6 Å². The second-order valence-corrected chi connectivity index (χ2v) is 5.16. The predicted octanol–water partition coefficient (Wildman–Crippen LogP) is 2.49. The van der Waals surface area contributed by atoms with E-state index in [0.717, 1.165) is 18.1 Å². The van der Waals surface area contributed by atoms with Gasteiger partial charge in [0, 0.05) is 11.9 Å². The Morgan fingerprint density at radius 1 is 1.47 bits per heavy atom. The van der Waals surface area contributed by atoms with Crippen LogP contribution in [0.25, 0.3) is 0 Å². The van der Waals surface area contributed by atoms with Crippen molar-refractivity contribution in [3.8, 4) is 0 Å². The molecule has 0 aliphatic carbocycles. The summed E-state index contributed by atoms with van der Waals surface area (Å²) in [6, 6.07) is 2.10. The number of thiophene rings is 1. The molecule has 0 aliphatic heterocycles. The highest BCUT2D eigenvalue weighted by Crippen LogP contribution is 2.16. The average molecular weight is 268 g/mol. The van der Waals surface area contributed by atoms with Gasteiger partial charge in [0.25, 0.3) is 0 Å². The van der Waals surface area contributed by atoms with Crippen molar-refractivity contribution >= 4 is 33.8 Å². The summed E-state index contributed by atoms with van der Waals surface area (Å²) in [6.07, 6.45) is 0.944. The Morgan fingerprint density at radius 2 is 2.35 bits per heavy atom. The van der Waals surface area contributed by atoms with E-state index in [9.17, 15) is 4.79 Å². The van der Waals surface area contributed by atoms with Crippen LogP contribution in [0.4, 0.5) is 5.13 Å². The second kappa shape index (κ2) is 5.79. The Kier molecular flexibility index (Phi) is 4.11. The minimum absolute atomic E-state index is 0.0112. The molecular formula is C11H12N2O2S2. The predicted molar refractivity (Wildman–Crippen MR) is 70.0 cm³/mol. The lowest BCUT2D eigenvalue weighted by Gasteiger charge is -2.00. The number of thiazole rings is 1. The van der Waals surface area contributed by atoms with Crippen molar-refractivity contribution < 1.29 is 9.90 Å². The molecule has 0 unspecified atom stereocenters. The topological polar surface area (TPSA) is 62.2 Å². The first-order valence-corrected chi connectivity index (χ1v) is 6.97. The molecule has 90 valence electrons. The van der Waals surface area contributed by atoms with Crippen molar-refractivity contribution in [2.45, 2.75) is 12.8 Å². The van der Waals surface area contributed by atoms with Gasteiger partial charge >= 0.3 is 5.97 Å². The van der Waals surface area contributed by atoms with Crippen LogP contribution in [-0.2, 0) is 17.6 Å². The van der Waals surface area contributed by atoms with Gasteiger partial charge in [-0.2, -0.15) is 11.3 Å². The monoisotopic (exact) mass is 268 g/mol. The minimum atomic E-state index is -0.847. The number of carbonyl (C=O) groups is 1. The van der Waals surface area contributed by atoms with Crippen molar-refractivity contribution in [1.82, 2.24) is 4.98 Å². The molecule has 0 saturated carbocycles. The molecule has 0 aliphatic rings. The number of carboxylic acids is 1. The normalized spacial score (nSPS) is 10.4. The maximum Gasteiger partial charge on any atom is 0.309 e. The third kappa shape index (κ3) is 3.83. The quantitative estimate of drug-likeness (QED) is 0.845. The van der Waals surface area contributed by atoms with Crippen LogP contribution in [0.3, 0.4) is 0 Å². The molecule has 0 spiro atoms. The van der Waals surface area contributed by atoms with Gasteiger partial charge in [0.2, 0.25) is 0 Å². The van der Waals surface area contributed by atoms with Crippen molar-refractivity contribution in [3.05, 3.63) is 33.5 Å². The summed E-state index contributed by atoms with van der Waals surface area (Å²) in [5.74, 6) is -0.847. The zero-order chi connectivity index (χ0) is 12.1. The summed E-state index contributed by atoms with van der Waals surface area (Å²) in [7, 11) is 0. The maximum atomic E-state index is 10.5. The lowest BCUT2D eigenvalue weighted by atomic mass is 10.2. The van der Waals surface area contributed by atoms with E-state index >= 15 is 0 Å². The van der Waals surface area contributed by atoms with Crippen LogP contribution in [0.15, 0.2) is 22.2 Å². The number of nitrogens with one attached hydrogen (secondary N) is 1. The Labute approximate surface area is 107 Å². The highest BCUT2D eigenvalue weighted by atomic mass is 32.1. The van der Waals surface area contributed by atoms with E-state index in [1.54, 1.807) is 16.7 Å². The number of aliphatic carboxylic acids is 1. The molecule has 2 heterocycles. The van der Waals surface area contributed by atoms with Gasteiger partial charge in [0.1, 0.15) is 0 Å². The Morgan fingerprint density at radius 3 is 3.06 bits per heavy atom. The maximum absolute atomic E-state index is 10.5. The van der Waals surface area contributed by atoms with Crippen LogP contribution in [0.5, 0.6) is 0 Å². The highest BCUT2D eigenvalue weighted by molar-refractivity contribution is 7.13. The summed E-state index contributed by atoms with van der Waals surface area (Å²) in [5.41, 5.74) is 1.92. The standard InChI is InChI=1S/C11H12N2O2S2/c14-10(15)5-9-7-17-11(13-9)12-3-1-8-2-4-16-6-8/h2,4,6-7H,1,3,5H2,(H,12,13)(H,14,15). The number of carboxylic acid groups (broad SMARTS) is 1. The molecule has 0 amide bonds.